The van der Waals surface area contributed by atoms with Crippen molar-refractivity contribution in [1.29, 1.82) is 0 Å². The molecule has 0 bridgehead atoms. The molecule has 2 N–H and O–H groups in total. The number of aromatic nitrogens is 2. The Hall–Kier alpha value is -3.23. The maximum absolute atomic E-state index is 12.1. The molecule has 2 atom stereocenters. The van der Waals surface area contributed by atoms with Crippen LogP contribution in [0.4, 0.5) is 16.3 Å². The van der Waals surface area contributed by atoms with Gasteiger partial charge >= 0.3 is 6.09 Å². The van der Waals surface area contributed by atoms with E-state index >= 15 is 0 Å². The summed E-state index contributed by atoms with van der Waals surface area (Å²) in [5, 5.41) is 0. The highest BCUT2D eigenvalue weighted by Crippen LogP contribution is 2.38. The number of imidazole rings is 1. The van der Waals surface area contributed by atoms with Gasteiger partial charge in [-0.15, -0.1) is 0 Å². The number of carbonyl (C=O) groups excluding carboxylic acids is 2. The summed E-state index contributed by atoms with van der Waals surface area (Å²) < 4.78 is 13.2. The zero-order chi connectivity index (χ0) is 20.1. The highest BCUT2D eigenvalue weighted by atomic mass is 16.6. The number of nitrogens with zero attached hydrogens (tertiary/aromatic N) is 4. The third-order valence-electron chi connectivity index (χ3n) is 5.71. The van der Waals surface area contributed by atoms with Crippen LogP contribution in [0.1, 0.15) is 19.8 Å². The zero-order valence-corrected chi connectivity index (χ0v) is 16.2. The van der Waals surface area contributed by atoms with E-state index in [0.717, 1.165) is 36.5 Å². The molecule has 0 saturated carbocycles. The minimum Gasteiger partial charge on any atom is -0.491 e. The van der Waals surface area contributed by atoms with Crippen molar-refractivity contribution in [3.8, 4) is 17.1 Å². The standard InChI is InChI=1S/C20H23N5O4/c1-12-10-25(20(27)29-12)17-11-23-7-8-28-16-9-13(4-5-14(16)19(23)22-17)24-6-2-3-15(24)18(21)26/h4-5,9,11-12,15H,2-3,6-8,10H2,1H3,(H2,21,26)/t12-,15-/m0/s1. The van der Waals surface area contributed by atoms with Crippen LogP contribution in [-0.4, -0.2) is 53.4 Å². The van der Waals surface area contributed by atoms with Gasteiger partial charge in [-0.3, -0.25) is 9.69 Å². The van der Waals surface area contributed by atoms with E-state index in [4.69, 9.17) is 20.2 Å². The molecule has 0 aliphatic carbocycles. The number of ether oxygens (including phenoxy) is 2. The number of fused-ring (bicyclic) bond motifs is 3. The van der Waals surface area contributed by atoms with Crippen LogP contribution in [0.5, 0.6) is 5.75 Å². The average molecular weight is 397 g/mol. The lowest BCUT2D eigenvalue weighted by atomic mass is 10.1. The van der Waals surface area contributed by atoms with Crippen molar-refractivity contribution in [2.24, 2.45) is 5.73 Å². The van der Waals surface area contributed by atoms with Crippen LogP contribution in [0.25, 0.3) is 11.4 Å². The van der Waals surface area contributed by atoms with Crippen molar-refractivity contribution in [1.82, 2.24) is 9.55 Å². The molecule has 1 aromatic carbocycles. The Morgan fingerprint density at radius 1 is 1.31 bits per heavy atom. The topological polar surface area (TPSA) is 103 Å². The summed E-state index contributed by atoms with van der Waals surface area (Å²) >= 11 is 0. The predicted octanol–water partition coefficient (Wildman–Crippen LogP) is 1.74. The van der Waals surface area contributed by atoms with E-state index in [0.29, 0.717) is 31.3 Å². The Balaban J connectivity index is 1.50. The van der Waals surface area contributed by atoms with Crippen LogP contribution < -0.4 is 20.3 Å². The second kappa shape index (κ2) is 6.68. The monoisotopic (exact) mass is 397 g/mol. The largest absolute Gasteiger partial charge is 0.491 e. The van der Waals surface area contributed by atoms with Gasteiger partial charge in [0.15, 0.2) is 5.82 Å². The van der Waals surface area contributed by atoms with Crippen molar-refractivity contribution in [2.75, 3.05) is 29.5 Å². The summed E-state index contributed by atoms with van der Waals surface area (Å²) in [7, 11) is 0. The second-order valence-corrected chi connectivity index (χ2v) is 7.70. The lowest BCUT2D eigenvalue weighted by molar-refractivity contribution is -0.119. The molecule has 2 amide bonds. The number of hydrogen-bond donors (Lipinski definition) is 1. The number of primary amides is 1. The first-order valence-corrected chi connectivity index (χ1v) is 9.90. The van der Waals surface area contributed by atoms with Crippen LogP contribution in [0.3, 0.4) is 0 Å². The molecule has 2 fully saturated rings. The Morgan fingerprint density at radius 2 is 2.17 bits per heavy atom. The fourth-order valence-corrected chi connectivity index (χ4v) is 4.33. The van der Waals surface area contributed by atoms with Gasteiger partial charge in [0.2, 0.25) is 5.91 Å². The number of carbonyl (C=O) groups is 2. The molecule has 4 heterocycles. The SMILES string of the molecule is C[C@H]1CN(c2cn3c(n2)-c2ccc(N4CCC[C@H]4C(N)=O)cc2OCC3)C(=O)O1. The van der Waals surface area contributed by atoms with Gasteiger partial charge in [-0.25, -0.2) is 9.78 Å². The van der Waals surface area contributed by atoms with Gasteiger partial charge in [-0.2, -0.15) is 0 Å². The van der Waals surface area contributed by atoms with Crippen molar-refractivity contribution in [2.45, 2.75) is 38.5 Å². The number of amides is 2. The third-order valence-corrected chi connectivity index (χ3v) is 5.71. The molecule has 2 saturated heterocycles. The number of cyclic esters (lactones) is 1. The minimum atomic E-state index is -0.371. The molecule has 9 nitrogen and oxygen atoms in total. The van der Waals surface area contributed by atoms with E-state index in [9.17, 15) is 9.59 Å². The molecule has 2 aromatic rings. The summed E-state index contributed by atoms with van der Waals surface area (Å²) in [5.41, 5.74) is 7.34. The van der Waals surface area contributed by atoms with Gasteiger partial charge in [-0.1, -0.05) is 0 Å². The lowest BCUT2D eigenvalue weighted by Gasteiger charge is -2.25. The number of nitrogens with two attached hydrogens (primary N) is 1. The summed E-state index contributed by atoms with van der Waals surface area (Å²) in [4.78, 5) is 32.1. The number of hydrogen-bond acceptors (Lipinski definition) is 6. The maximum atomic E-state index is 12.1. The molecule has 5 rings (SSSR count). The normalized spacial score (nSPS) is 23.3. The Labute approximate surface area is 168 Å². The Bertz CT molecular complexity index is 987. The minimum absolute atomic E-state index is 0.152. The van der Waals surface area contributed by atoms with Crippen LogP contribution in [-0.2, 0) is 16.1 Å². The van der Waals surface area contributed by atoms with E-state index < -0.39 is 0 Å². The number of benzene rings is 1. The molecule has 9 heteroatoms. The van der Waals surface area contributed by atoms with Gasteiger partial charge in [0.25, 0.3) is 0 Å². The Kier molecular flexibility index (Phi) is 4.11. The van der Waals surface area contributed by atoms with Crippen LogP contribution in [0.2, 0.25) is 0 Å². The molecule has 0 radical (unpaired) electrons. The zero-order valence-electron chi connectivity index (χ0n) is 16.2. The van der Waals surface area contributed by atoms with Crippen molar-refractivity contribution < 1.29 is 19.1 Å². The molecule has 0 unspecified atom stereocenters. The summed E-state index contributed by atoms with van der Waals surface area (Å²) in [5.74, 6) is 1.75. The van der Waals surface area contributed by atoms with E-state index in [1.165, 1.54) is 0 Å². The summed E-state index contributed by atoms with van der Waals surface area (Å²) in [6.07, 6.45) is 3.05. The average Bonchev–Trinajstić information content (AvgIpc) is 3.38. The first-order valence-electron chi connectivity index (χ1n) is 9.90. The molecule has 152 valence electrons. The smallest absolute Gasteiger partial charge is 0.415 e. The maximum Gasteiger partial charge on any atom is 0.415 e. The molecular weight excluding hydrogens is 374 g/mol. The molecule has 29 heavy (non-hydrogen) atoms. The molecule has 1 aromatic heterocycles. The fourth-order valence-electron chi connectivity index (χ4n) is 4.33. The van der Waals surface area contributed by atoms with Gasteiger partial charge in [-0.05, 0) is 31.9 Å². The van der Waals surface area contributed by atoms with E-state index in [2.05, 4.69) is 0 Å². The number of rotatable bonds is 3. The fraction of sp³-hybridized carbons (Fsp3) is 0.450. The van der Waals surface area contributed by atoms with Gasteiger partial charge < -0.3 is 24.7 Å². The van der Waals surface area contributed by atoms with Crippen molar-refractivity contribution >= 4 is 23.5 Å². The van der Waals surface area contributed by atoms with Gasteiger partial charge in [0.05, 0.1) is 18.7 Å². The molecule has 3 aliphatic heterocycles. The van der Waals surface area contributed by atoms with E-state index in [1.54, 1.807) is 4.90 Å². The van der Waals surface area contributed by atoms with Crippen molar-refractivity contribution in [3.05, 3.63) is 24.4 Å². The molecule has 0 spiro atoms. The first-order chi connectivity index (χ1) is 14.0. The van der Waals surface area contributed by atoms with Crippen LogP contribution in [0, 0.1) is 0 Å². The highest BCUT2D eigenvalue weighted by molar-refractivity contribution is 5.89. The molecule has 3 aliphatic rings. The number of anilines is 2. The highest BCUT2D eigenvalue weighted by Gasteiger charge is 2.33. The lowest BCUT2D eigenvalue weighted by Crippen LogP contribution is -2.40. The van der Waals surface area contributed by atoms with Crippen LogP contribution >= 0.6 is 0 Å². The summed E-state index contributed by atoms with van der Waals surface area (Å²) in [6, 6.07) is 5.60. The second-order valence-electron chi connectivity index (χ2n) is 7.70. The van der Waals surface area contributed by atoms with E-state index in [1.807, 2.05) is 40.8 Å². The Morgan fingerprint density at radius 3 is 2.93 bits per heavy atom. The van der Waals surface area contributed by atoms with Crippen molar-refractivity contribution in [3.63, 3.8) is 0 Å². The third kappa shape index (κ3) is 2.97. The predicted molar refractivity (Wildman–Crippen MR) is 106 cm³/mol. The van der Waals surface area contributed by atoms with Gasteiger partial charge in [0, 0.05) is 24.5 Å². The van der Waals surface area contributed by atoms with Crippen LogP contribution in [0.15, 0.2) is 24.4 Å². The summed E-state index contributed by atoms with van der Waals surface area (Å²) in [6.45, 7) is 4.25. The van der Waals surface area contributed by atoms with Gasteiger partial charge in [0.1, 0.15) is 30.3 Å². The molecular formula is C20H23N5O4. The van der Waals surface area contributed by atoms with E-state index in [-0.39, 0.29) is 24.1 Å². The quantitative estimate of drug-likeness (QED) is 0.846. The first kappa shape index (κ1) is 17.8.